The van der Waals surface area contributed by atoms with E-state index in [1.54, 1.807) is 11.3 Å². The standard InChI is InChI=1S/C20H27N3OS/c1-22(2)19(18-10-13-25-15-18)8-11-21-20(24)23-12-9-17(14-23)16-6-4-3-5-7-16/h3-7,10,13,15,17,19H,8-9,11-12,14H2,1-2H3,(H,21,24)/t17-,19?/m0/s1. The first kappa shape index (κ1) is 18.0. The van der Waals surface area contributed by atoms with Crippen LogP contribution >= 0.6 is 11.3 Å². The summed E-state index contributed by atoms with van der Waals surface area (Å²) in [7, 11) is 4.18. The van der Waals surface area contributed by atoms with Gasteiger partial charge in [-0.15, -0.1) is 0 Å². The molecule has 2 heterocycles. The Morgan fingerprint density at radius 2 is 2.12 bits per heavy atom. The van der Waals surface area contributed by atoms with Crippen LogP contribution in [0.3, 0.4) is 0 Å². The highest BCUT2D eigenvalue weighted by Gasteiger charge is 2.27. The Hall–Kier alpha value is -1.85. The summed E-state index contributed by atoms with van der Waals surface area (Å²) in [5.41, 5.74) is 2.66. The Morgan fingerprint density at radius 3 is 2.80 bits per heavy atom. The number of urea groups is 1. The van der Waals surface area contributed by atoms with Crippen molar-refractivity contribution in [2.24, 2.45) is 0 Å². The number of nitrogens with zero attached hydrogens (tertiary/aromatic N) is 2. The molecule has 0 aliphatic carbocycles. The van der Waals surface area contributed by atoms with Gasteiger partial charge in [0.1, 0.15) is 0 Å². The summed E-state index contributed by atoms with van der Waals surface area (Å²) in [5.74, 6) is 0.465. The van der Waals surface area contributed by atoms with E-state index in [9.17, 15) is 4.79 Å². The topological polar surface area (TPSA) is 35.6 Å². The molecule has 0 spiro atoms. The molecule has 1 aliphatic heterocycles. The predicted molar refractivity (Wildman–Crippen MR) is 104 cm³/mol. The van der Waals surface area contributed by atoms with Crippen LogP contribution < -0.4 is 5.32 Å². The van der Waals surface area contributed by atoms with Crippen molar-refractivity contribution in [1.29, 1.82) is 0 Å². The Morgan fingerprint density at radius 1 is 1.32 bits per heavy atom. The average molecular weight is 358 g/mol. The maximum Gasteiger partial charge on any atom is 0.317 e. The van der Waals surface area contributed by atoms with Crippen LogP contribution in [0, 0.1) is 0 Å². The maximum absolute atomic E-state index is 12.5. The molecule has 25 heavy (non-hydrogen) atoms. The lowest BCUT2D eigenvalue weighted by molar-refractivity contribution is 0.205. The van der Waals surface area contributed by atoms with Gasteiger partial charge in [-0.3, -0.25) is 0 Å². The molecule has 1 aromatic heterocycles. The van der Waals surface area contributed by atoms with Crippen LogP contribution in [-0.4, -0.2) is 49.6 Å². The Balaban J connectivity index is 1.47. The van der Waals surface area contributed by atoms with Crippen molar-refractivity contribution in [3.8, 4) is 0 Å². The third kappa shape index (κ3) is 4.61. The first-order chi connectivity index (χ1) is 12.1. The molecule has 1 saturated heterocycles. The second-order valence-corrected chi connectivity index (χ2v) is 7.68. The van der Waals surface area contributed by atoms with Gasteiger partial charge in [0, 0.05) is 31.6 Å². The van der Waals surface area contributed by atoms with Crippen molar-refractivity contribution in [3.63, 3.8) is 0 Å². The fourth-order valence-electron chi connectivity index (χ4n) is 3.56. The fraction of sp³-hybridized carbons (Fsp3) is 0.450. The lowest BCUT2D eigenvalue weighted by Crippen LogP contribution is -2.39. The quantitative estimate of drug-likeness (QED) is 0.850. The van der Waals surface area contributed by atoms with Crippen molar-refractivity contribution < 1.29 is 4.79 Å². The Kier molecular flexibility index (Phi) is 6.10. The second-order valence-electron chi connectivity index (χ2n) is 6.90. The van der Waals surface area contributed by atoms with Crippen molar-refractivity contribution in [3.05, 3.63) is 58.3 Å². The van der Waals surface area contributed by atoms with E-state index in [4.69, 9.17) is 0 Å². The van der Waals surface area contributed by atoms with Gasteiger partial charge in [-0.25, -0.2) is 4.79 Å². The van der Waals surface area contributed by atoms with Crippen molar-refractivity contribution >= 4 is 17.4 Å². The molecule has 0 radical (unpaired) electrons. The fourth-order valence-corrected chi connectivity index (χ4v) is 4.26. The van der Waals surface area contributed by atoms with Crippen molar-refractivity contribution in [1.82, 2.24) is 15.1 Å². The lowest BCUT2D eigenvalue weighted by Gasteiger charge is -2.24. The predicted octanol–water partition coefficient (Wildman–Crippen LogP) is 3.94. The van der Waals surface area contributed by atoms with E-state index in [-0.39, 0.29) is 6.03 Å². The van der Waals surface area contributed by atoms with Gasteiger partial charge in [-0.05, 0) is 54.9 Å². The molecule has 1 fully saturated rings. The first-order valence-corrected chi connectivity index (χ1v) is 9.85. The van der Waals surface area contributed by atoms with E-state index in [2.05, 4.69) is 65.4 Å². The number of hydrogen-bond donors (Lipinski definition) is 1. The van der Waals surface area contributed by atoms with Gasteiger partial charge in [0.05, 0.1) is 0 Å². The number of nitrogens with one attached hydrogen (secondary N) is 1. The molecule has 5 heteroatoms. The molecule has 1 aliphatic rings. The van der Waals surface area contributed by atoms with Gasteiger partial charge in [0.25, 0.3) is 0 Å². The van der Waals surface area contributed by atoms with E-state index in [0.29, 0.717) is 18.5 Å². The van der Waals surface area contributed by atoms with Crippen molar-refractivity contribution in [2.75, 3.05) is 33.7 Å². The Labute approximate surface area is 154 Å². The SMILES string of the molecule is CN(C)C(CCNC(=O)N1CC[C@H](c2ccccc2)C1)c1ccsc1. The zero-order valence-corrected chi connectivity index (χ0v) is 15.8. The van der Waals surface area contributed by atoms with Gasteiger partial charge >= 0.3 is 6.03 Å². The summed E-state index contributed by atoms with van der Waals surface area (Å²) in [6.07, 6.45) is 1.97. The molecule has 1 aromatic carbocycles. The number of carbonyl (C=O) groups excluding carboxylic acids is 1. The number of rotatable bonds is 6. The summed E-state index contributed by atoms with van der Waals surface area (Å²) in [6, 6.07) is 13.1. The van der Waals surface area contributed by atoms with Crippen molar-refractivity contribution in [2.45, 2.75) is 24.8 Å². The number of thiophene rings is 1. The van der Waals surface area contributed by atoms with Gasteiger partial charge in [-0.1, -0.05) is 30.3 Å². The van der Waals surface area contributed by atoms with E-state index >= 15 is 0 Å². The highest BCUT2D eigenvalue weighted by Crippen LogP contribution is 2.27. The minimum absolute atomic E-state index is 0.0706. The summed E-state index contributed by atoms with van der Waals surface area (Å²) in [5, 5.41) is 7.41. The minimum Gasteiger partial charge on any atom is -0.338 e. The van der Waals surface area contributed by atoms with Gasteiger partial charge in [0.2, 0.25) is 0 Å². The van der Waals surface area contributed by atoms with Crippen LogP contribution in [0.25, 0.3) is 0 Å². The smallest absolute Gasteiger partial charge is 0.317 e. The largest absolute Gasteiger partial charge is 0.338 e. The number of carbonyl (C=O) groups is 1. The number of likely N-dealkylation sites (tertiary alicyclic amines) is 1. The molecule has 3 rings (SSSR count). The normalized spacial score (nSPS) is 18.5. The van der Waals surface area contributed by atoms with Crippen LogP contribution in [0.15, 0.2) is 47.2 Å². The van der Waals surface area contributed by atoms with Crippen LogP contribution in [-0.2, 0) is 0 Å². The summed E-state index contributed by atoms with van der Waals surface area (Å²) < 4.78 is 0. The van der Waals surface area contributed by atoms with E-state index in [1.165, 1.54) is 11.1 Å². The van der Waals surface area contributed by atoms with Crippen LogP contribution in [0.2, 0.25) is 0 Å². The lowest BCUT2D eigenvalue weighted by atomic mass is 9.99. The molecule has 2 amide bonds. The minimum atomic E-state index is 0.0706. The van der Waals surface area contributed by atoms with Gasteiger partial charge in [-0.2, -0.15) is 11.3 Å². The number of hydrogen-bond acceptors (Lipinski definition) is 3. The van der Waals surface area contributed by atoms with Gasteiger partial charge in [0.15, 0.2) is 0 Å². The maximum atomic E-state index is 12.5. The van der Waals surface area contributed by atoms with E-state index < -0.39 is 0 Å². The zero-order chi connectivity index (χ0) is 17.6. The summed E-state index contributed by atoms with van der Waals surface area (Å²) in [6.45, 7) is 2.36. The second kappa shape index (κ2) is 8.50. The molecule has 2 aromatic rings. The highest BCUT2D eigenvalue weighted by atomic mass is 32.1. The van der Waals surface area contributed by atoms with Gasteiger partial charge < -0.3 is 15.1 Å². The zero-order valence-electron chi connectivity index (χ0n) is 15.0. The van der Waals surface area contributed by atoms with Crippen LogP contribution in [0.4, 0.5) is 4.79 Å². The van der Waals surface area contributed by atoms with Crippen LogP contribution in [0.1, 0.15) is 35.9 Å². The third-order valence-corrected chi connectivity index (χ3v) is 5.69. The number of benzene rings is 1. The highest BCUT2D eigenvalue weighted by molar-refractivity contribution is 7.07. The van der Waals surface area contributed by atoms with E-state index in [0.717, 1.165) is 25.9 Å². The molecular weight excluding hydrogens is 330 g/mol. The van der Waals surface area contributed by atoms with Crippen LogP contribution in [0.5, 0.6) is 0 Å². The molecule has 4 nitrogen and oxygen atoms in total. The summed E-state index contributed by atoms with van der Waals surface area (Å²) in [4.78, 5) is 16.6. The summed E-state index contributed by atoms with van der Waals surface area (Å²) >= 11 is 1.72. The monoisotopic (exact) mass is 357 g/mol. The molecule has 134 valence electrons. The number of amides is 2. The Bertz CT molecular complexity index is 657. The first-order valence-electron chi connectivity index (χ1n) is 8.91. The molecule has 0 saturated carbocycles. The average Bonchev–Trinajstić information content (AvgIpc) is 3.30. The molecule has 1 unspecified atom stereocenters. The molecule has 0 bridgehead atoms. The molecule has 1 N–H and O–H groups in total. The van der Waals surface area contributed by atoms with E-state index in [1.807, 2.05) is 11.0 Å². The molecule has 2 atom stereocenters. The molecular formula is C20H27N3OS. The third-order valence-electron chi connectivity index (χ3n) is 4.99.